The molecule has 180 valence electrons. The van der Waals surface area contributed by atoms with Gasteiger partial charge in [0.15, 0.2) is 17.3 Å². The summed E-state index contributed by atoms with van der Waals surface area (Å²) in [6.07, 6.45) is 0.371. The molecule has 3 heterocycles. The van der Waals surface area contributed by atoms with Crippen molar-refractivity contribution in [3.05, 3.63) is 59.4 Å². The Morgan fingerprint density at radius 2 is 1.97 bits per heavy atom. The van der Waals surface area contributed by atoms with Crippen LogP contribution in [0.3, 0.4) is 0 Å². The highest BCUT2D eigenvalue weighted by molar-refractivity contribution is 7.13. The second kappa shape index (κ2) is 9.92. The Bertz CT molecular complexity index is 1130. The summed E-state index contributed by atoms with van der Waals surface area (Å²) in [4.78, 5) is 31.4. The van der Waals surface area contributed by atoms with Crippen molar-refractivity contribution in [2.24, 2.45) is 5.92 Å². The number of aliphatic hydroxyl groups excluding tert-OH is 2. The van der Waals surface area contributed by atoms with Gasteiger partial charge in [0, 0.05) is 24.3 Å². The number of carbonyl (C=O) groups excluding carboxylic acids is 2. The first-order valence-corrected chi connectivity index (χ1v) is 11.9. The molecule has 10 nitrogen and oxygen atoms in total. The molecule has 3 aromatic rings. The molecule has 1 aliphatic rings. The summed E-state index contributed by atoms with van der Waals surface area (Å²) >= 11 is 1.28. The largest absolute Gasteiger partial charge is 0.380 e. The molecular weight excluding hydrogens is 456 g/mol. The molecule has 0 radical (unpaired) electrons. The molecule has 0 saturated carbocycles. The van der Waals surface area contributed by atoms with Gasteiger partial charge >= 0.3 is 0 Å². The van der Waals surface area contributed by atoms with E-state index in [9.17, 15) is 19.8 Å². The first-order chi connectivity index (χ1) is 16.2. The smallest absolute Gasteiger partial charge is 0.255 e. The van der Waals surface area contributed by atoms with E-state index in [0.717, 1.165) is 11.3 Å². The van der Waals surface area contributed by atoms with Crippen LogP contribution < -0.4 is 11.1 Å². The van der Waals surface area contributed by atoms with E-state index in [1.807, 2.05) is 43.5 Å². The number of thiazole rings is 1. The normalized spacial score (nSPS) is 20.6. The summed E-state index contributed by atoms with van der Waals surface area (Å²) in [7, 11) is 0. The first kappa shape index (κ1) is 23.9. The summed E-state index contributed by atoms with van der Waals surface area (Å²) in [6.45, 7) is 4.14. The van der Waals surface area contributed by atoms with E-state index in [-0.39, 0.29) is 12.0 Å². The summed E-state index contributed by atoms with van der Waals surface area (Å²) in [5, 5.41) is 30.0. The Balaban J connectivity index is 1.39. The van der Waals surface area contributed by atoms with Gasteiger partial charge in [-0.1, -0.05) is 19.1 Å². The molecule has 34 heavy (non-hydrogen) atoms. The molecule has 1 aliphatic heterocycles. The number of nitrogens with two attached hydrogens (primary N) is 1. The van der Waals surface area contributed by atoms with Crippen molar-refractivity contribution >= 4 is 28.3 Å². The zero-order valence-corrected chi connectivity index (χ0v) is 19.7. The van der Waals surface area contributed by atoms with Gasteiger partial charge in [-0.2, -0.15) is 5.10 Å². The van der Waals surface area contributed by atoms with Gasteiger partial charge in [-0.25, -0.2) is 9.67 Å². The fraction of sp³-hybridized carbons (Fsp3) is 0.391. The zero-order valence-electron chi connectivity index (χ0n) is 18.9. The molecule has 1 fully saturated rings. The van der Waals surface area contributed by atoms with Crippen LogP contribution in [0.25, 0.3) is 5.69 Å². The number of nitrogens with one attached hydrogen (secondary N) is 1. The van der Waals surface area contributed by atoms with Crippen LogP contribution in [0.5, 0.6) is 0 Å². The van der Waals surface area contributed by atoms with Gasteiger partial charge in [-0.05, 0) is 43.0 Å². The number of carbonyl (C=O) groups is 2. The summed E-state index contributed by atoms with van der Waals surface area (Å²) < 4.78 is 1.71. The minimum Gasteiger partial charge on any atom is -0.380 e. The molecule has 0 spiro atoms. The number of aliphatic hydroxyl groups is 2. The van der Waals surface area contributed by atoms with Crippen LogP contribution in [0.4, 0.5) is 5.13 Å². The average Bonchev–Trinajstić information content (AvgIpc) is 3.58. The third-order valence-electron chi connectivity index (χ3n) is 6.02. The number of hydrogen-bond donors (Lipinski definition) is 4. The number of rotatable bonds is 7. The van der Waals surface area contributed by atoms with Crippen molar-refractivity contribution in [1.82, 2.24) is 25.0 Å². The maximum atomic E-state index is 13.0. The van der Waals surface area contributed by atoms with Crippen molar-refractivity contribution < 1.29 is 19.8 Å². The second-order valence-corrected chi connectivity index (χ2v) is 9.51. The number of hydrogen-bond acceptors (Lipinski definition) is 8. The Hall–Kier alpha value is -3.28. The minimum absolute atomic E-state index is 0.180. The molecule has 0 unspecified atom stereocenters. The number of benzene rings is 1. The molecule has 0 bridgehead atoms. The Morgan fingerprint density at radius 3 is 2.59 bits per heavy atom. The van der Waals surface area contributed by atoms with Crippen molar-refractivity contribution in [3.8, 4) is 5.69 Å². The average molecular weight is 485 g/mol. The number of aromatic nitrogens is 3. The predicted octanol–water partition coefficient (Wildman–Crippen LogP) is 1.42. The number of likely N-dealkylation sites (tertiary alicyclic amines) is 1. The van der Waals surface area contributed by atoms with Gasteiger partial charge in [-0.15, -0.1) is 11.3 Å². The van der Waals surface area contributed by atoms with E-state index in [4.69, 9.17) is 5.73 Å². The second-order valence-electron chi connectivity index (χ2n) is 8.62. The van der Waals surface area contributed by atoms with Crippen molar-refractivity contribution in [2.75, 3.05) is 12.3 Å². The van der Waals surface area contributed by atoms with Crippen LogP contribution in [0.1, 0.15) is 43.6 Å². The topological polar surface area (TPSA) is 147 Å². The predicted molar refractivity (Wildman–Crippen MR) is 127 cm³/mol. The summed E-state index contributed by atoms with van der Waals surface area (Å²) in [5.41, 5.74) is 8.05. The minimum atomic E-state index is -1.91. The standard InChI is InChI=1S/C23H28N6O4S/c1-13-10-18(17-12-34-23(24)27-17)28(11-13)22(33)20(31)19(30)21(32)26-14(2)15-4-6-16(7-5-15)29-9-3-8-25-29/h3-9,12-14,18-20,30-31H,10-11H2,1-2H3,(H2,24,27)(H,26,32)/t13-,14-,18-,19-,20-/m1/s1. The monoisotopic (exact) mass is 484 g/mol. The quantitative estimate of drug-likeness (QED) is 0.397. The number of nitrogens with zero attached hydrogens (tertiary/aromatic N) is 4. The number of nitrogen functional groups attached to an aromatic ring is 1. The van der Waals surface area contributed by atoms with Gasteiger partial charge in [0.2, 0.25) is 0 Å². The Kier molecular flexibility index (Phi) is 6.96. The van der Waals surface area contributed by atoms with Crippen LogP contribution in [-0.2, 0) is 9.59 Å². The molecule has 1 saturated heterocycles. The van der Waals surface area contributed by atoms with Crippen molar-refractivity contribution in [1.29, 1.82) is 0 Å². The van der Waals surface area contributed by atoms with E-state index < -0.39 is 30.1 Å². The van der Waals surface area contributed by atoms with Gasteiger partial charge in [0.05, 0.1) is 23.5 Å². The molecule has 4 rings (SSSR count). The van der Waals surface area contributed by atoms with Crippen LogP contribution in [0, 0.1) is 5.92 Å². The summed E-state index contributed by atoms with van der Waals surface area (Å²) in [5.74, 6) is -1.36. The molecule has 1 aromatic carbocycles. The maximum Gasteiger partial charge on any atom is 0.255 e. The SMILES string of the molecule is C[C@@H]1C[C@H](c2csc(N)n2)N(C(=O)[C@H](O)[C@@H](O)C(=O)N[C@H](C)c2ccc(-n3cccn3)cc2)C1. The first-order valence-electron chi connectivity index (χ1n) is 11.0. The molecule has 5 atom stereocenters. The van der Waals surface area contributed by atoms with Crippen LogP contribution in [0.2, 0.25) is 0 Å². The third kappa shape index (κ3) is 4.96. The van der Waals surface area contributed by atoms with E-state index in [2.05, 4.69) is 15.4 Å². The van der Waals surface area contributed by atoms with Crippen LogP contribution in [0.15, 0.2) is 48.1 Å². The van der Waals surface area contributed by atoms with Crippen molar-refractivity contribution in [2.45, 2.75) is 44.6 Å². The van der Waals surface area contributed by atoms with Crippen LogP contribution >= 0.6 is 11.3 Å². The lowest BCUT2D eigenvalue weighted by molar-refractivity contribution is -0.154. The maximum absolute atomic E-state index is 13.0. The van der Waals surface area contributed by atoms with E-state index in [1.54, 1.807) is 23.2 Å². The van der Waals surface area contributed by atoms with Gasteiger partial charge in [0.1, 0.15) is 0 Å². The van der Waals surface area contributed by atoms with E-state index >= 15 is 0 Å². The lowest BCUT2D eigenvalue weighted by Gasteiger charge is -2.28. The van der Waals surface area contributed by atoms with E-state index in [0.29, 0.717) is 23.8 Å². The summed E-state index contributed by atoms with van der Waals surface area (Å²) in [6, 6.07) is 8.42. The molecule has 2 amide bonds. The molecular formula is C23H28N6O4S. The fourth-order valence-corrected chi connectivity index (χ4v) is 4.80. The molecule has 5 N–H and O–H groups in total. The van der Waals surface area contributed by atoms with Crippen molar-refractivity contribution in [3.63, 3.8) is 0 Å². The molecule has 11 heteroatoms. The number of anilines is 1. The van der Waals surface area contributed by atoms with Gasteiger partial charge in [-0.3, -0.25) is 9.59 Å². The molecule has 2 aromatic heterocycles. The van der Waals surface area contributed by atoms with E-state index in [1.165, 1.54) is 16.2 Å². The lowest BCUT2D eigenvalue weighted by atomic mass is 10.1. The number of amides is 2. The van der Waals surface area contributed by atoms with Crippen LogP contribution in [-0.4, -0.2) is 60.4 Å². The Morgan fingerprint density at radius 1 is 1.24 bits per heavy atom. The Labute approximate surface area is 201 Å². The van der Waals surface area contributed by atoms with Gasteiger partial charge < -0.3 is 26.2 Å². The van der Waals surface area contributed by atoms with Gasteiger partial charge in [0.25, 0.3) is 11.8 Å². The zero-order chi connectivity index (χ0) is 24.4. The molecule has 0 aliphatic carbocycles. The highest BCUT2D eigenvalue weighted by atomic mass is 32.1. The highest BCUT2D eigenvalue weighted by Crippen LogP contribution is 2.36. The fourth-order valence-electron chi connectivity index (χ4n) is 4.19. The lowest BCUT2D eigenvalue weighted by Crippen LogP contribution is -2.51. The highest BCUT2D eigenvalue weighted by Gasteiger charge is 2.41. The third-order valence-corrected chi connectivity index (χ3v) is 6.71.